The maximum absolute atomic E-state index is 12.5. The Hall–Kier alpha value is -0.640. The summed E-state index contributed by atoms with van der Waals surface area (Å²) in [6, 6.07) is 6.33. The van der Waals surface area contributed by atoms with Crippen molar-refractivity contribution in [1.29, 1.82) is 0 Å². The van der Waals surface area contributed by atoms with Crippen LogP contribution in [0.25, 0.3) is 0 Å². The number of hydroxylamine groups is 1. The molecule has 2 nitrogen and oxygen atoms in total. The summed E-state index contributed by atoms with van der Waals surface area (Å²) < 4.78 is 12.5. The van der Waals surface area contributed by atoms with E-state index in [0.717, 1.165) is 5.56 Å². The second-order valence-electron chi connectivity index (χ2n) is 3.11. The molecule has 0 saturated heterocycles. The van der Waals surface area contributed by atoms with Crippen molar-refractivity contribution in [2.45, 2.75) is 26.5 Å². The fraction of sp³-hybridized carbons (Fsp3) is 0.400. The van der Waals surface area contributed by atoms with Gasteiger partial charge in [0.05, 0.1) is 6.10 Å². The summed E-state index contributed by atoms with van der Waals surface area (Å²) in [4.78, 5) is 5.13. The molecule has 4 heteroatoms. The van der Waals surface area contributed by atoms with Crippen LogP contribution in [0.4, 0.5) is 4.39 Å². The predicted octanol–water partition coefficient (Wildman–Crippen LogP) is 2.68. The van der Waals surface area contributed by atoms with Gasteiger partial charge in [0, 0.05) is 6.54 Å². The molecule has 0 aromatic heterocycles. The molecule has 0 saturated carbocycles. The number of halogens is 2. The number of benzene rings is 1. The van der Waals surface area contributed by atoms with Crippen molar-refractivity contribution in [2.24, 2.45) is 0 Å². The molecule has 14 heavy (non-hydrogen) atoms. The molecule has 1 rings (SSSR count). The number of hydrogen-bond donors (Lipinski definition) is 1. The zero-order valence-corrected chi connectivity index (χ0v) is 9.10. The minimum absolute atomic E-state index is 0. The molecule has 0 aliphatic heterocycles. The lowest BCUT2D eigenvalue weighted by Gasteiger charge is -2.08. The van der Waals surface area contributed by atoms with Crippen LogP contribution < -0.4 is 5.48 Å². The SMILES string of the molecule is CC(C)ONCc1ccc(F)cc1.Cl. The van der Waals surface area contributed by atoms with Crippen molar-refractivity contribution in [1.82, 2.24) is 5.48 Å². The first-order valence-electron chi connectivity index (χ1n) is 4.31. The highest BCUT2D eigenvalue weighted by molar-refractivity contribution is 5.85. The Morgan fingerprint density at radius 3 is 2.36 bits per heavy atom. The summed E-state index contributed by atoms with van der Waals surface area (Å²) in [5.74, 6) is -0.214. The molecule has 0 heterocycles. The second kappa shape index (κ2) is 6.76. The lowest BCUT2D eigenvalue weighted by molar-refractivity contribution is -0.00884. The van der Waals surface area contributed by atoms with Gasteiger partial charge in [-0.25, -0.2) is 4.39 Å². The fourth-order valence-electron chi connectivity index (χ4n) is 0.894. The second-order valence-corrected chi connectivity index (χ2v) is 3.11. The van der Waals surface area contributed by atoms with Crippen LogP contribution in [0.5, 0.6) is 0 Å². The summed E-state index contributed by atoms with van der Waals surface area (Å²) in [6.45, 7) is 4.48. The van der Waals surface area contributed by atoms with Crippen molar-refractivity contribution >= 4 is 12.4 Å². The standard InChI is InChI=1S/C10H14FNO.ClH/c1-8(2)13-12-7-9-3-5-10(11)6-4-9;/h3-6,8,12H,7H2,1-2H3;1H. The summed E-state index contributed by atoms with van der Waals surface area (Å²) in [7, 11) is 0. The van der Waals surface area contributed by atoms with Crippen LogP contribution in [-0.2, 0) is 11.4 Å². The Morgan fingerprint density at radius 2 is 1.86 bits per heavy atom. The monoisotopic (exact) mass is 219 g/mol. The van der Waals surface area contributed by atoms with E-state index in [4.69, 9.17) is 4.84 Å². The molecule has 0 aliphatic rings. The fourth-order valence-corrected chi connectivity index (χ4v) is 0.894. The topological polar surface area (TPSA) is 21.3 Å². The highest BCUT2D eigenvalue weighted by atomic mass is 35.5. The van der Waals surface area contributed by atoms with Gasteiger partial charge in [0.15, 0.2) is 0 Å². The van der Waals surface area contributed by atoms with Crippen LogP contribution in [0.15, 0.2) is 24.3 Å². The van der Waals surface area contributed by atoms with Crippen molar-refractivity contribution in [3.8, 4) is 0 Å². The molecule has 0 unspecified atom stereocenters. The highest BCUT2D eigenvalue weighted by Gasteiger charge is 1.95. The van der Waals surface area contributed by atoms with Gasteiger partial charge < -0.3 is 0 Å². The number of rotatable bonds is 4. The van der Waals surface area contributed by atoms with Gasteiger partial charge in [-0.3, -0.25) is 4.84 Å². The van der Waals surface area contributed by atoms with E-state index >= 15 is 0 Å². The zero-order chi connectivity index (χ0) is 9.68. The third-order valence-corrected chi connectivity index (χ3v) is 1.51. The Labute approximate surface area is 89.8 Å². The Bertz CT molecular complexity index is 251. The van der Waals surface area contributed by atoms with Gasteiger partial charge in [-0.05, 0) is 31.5 Å². The molecule has 0 fully saturated rings. The van der Waals surface area contributed by atoms with Gasteiger partial charge in [-0.2, -0.15) is 5.48 Å². The molecule has 0 aliphatic carbocycles. The predicted molar refractivity (Wildman–Crippen MR) is 56.7 cm³/mol. The normalized spacial score (nSPS) is 10.0. The Kier molecular flexibility index (Phi) is 6.45. The van der Waals surface area contributed by atoms with Gasteiger partial charge in [0.25, 0.3) is 0 Å². The van der Waals surface area contributed by atoms with E-state index in [1.807, 2.05) is 13.8 Å². The molecule has 1 N–H and O–H groups in total. The van der Waals surface area contributed by atoms with Crippen molar-refractivity contribution in [3.05, 3.63) is 35.6 Å². The maximum Gasteiger partial charge on any atom is 0.123 e. The van der Waals surface area contributed by atoms with Crippen LogP contribution in [0, 0.1) is 5.82 Å². The lowest BCUT2D eigenvalue weighted by atomic mass is 10.2. The van der Waals surface area contributed by atoms with E-state index in [-0.39, 0.29) is 24.3 Å². The van der Waals surface area contributed by atoms with E-state index in [2.05, 4.69) is 5.48 Å². The van der Waals surface area contributed by atoms with E-state index in [1.54, 1.807) is 12.1 Å². The van der Waals surface area contributed by atoms with E-state index < -0.39 is 0 Å². The van der Waals surface area contributed by atoms with Crippen LogP contribution in [-0.4, -0.2) is 6.10 Å². The lowest BCUT2D eigenvalue weighted by Crippen LogP contribution is -2.18. The largest absolute Gasteiger partial charge is 0.299 e. The number of nitrogens with one attached hydrogen (secondary N) is 1. The average molecular weight is 220 g/mol. The maximum atomic E-state index is 12.5. The molecule has 1 aromatic rings. The molecular formula is C10H15ClFNO. The summed E-state index contributed by atoms with van der Waals surface area (Å²) in [5.41, 5.74) is 3.80. The molecule has 0 atom stereocenters. The first kappa shape index (κ1) is 13.4. The van der Waals surface area contributed by atoms with Gasteiger partial charge in [0.1, 0.15) is 5.82 Å². The van der Waals surface area contributed by atoms with Crippen LogP contribution in [0.1, 0.15) is 19.4 Å². The summed E-state index contributed by atoms with van der Waals surface area (Å²) in [5, 5.41) is 0. The molecule has 0 radical (unpaired) electrons. The van der Waals surface area contributed by atoms with Gasteiger partial charge >= 0.3 is 0 Å². The van der Waals surface area contributed by atoms with Crippen LogP contribution in [0.3, 0.4) is 0 Å². The zero-order valence-electron chi connectivity index (χ0n) is 8.29. The van der Waals surface area contributed by atoms with Crippen molar-refractivity contribution < 1.29 is 9.23 Å². The molecule has 1 aromatic carbocycles. The van der Waals surface area contributed by atoms with E-state index in [0.29, 0.717) is 6.54 Å². The highest BCUT2D eigenvalue weighted by Crippen LogP contribution is 2.02. The molecule has 0 spiro atoms. The Balaban J connectivity index is 0.00000169. The van der Waals surface area contributed by atoms with Crippen molar-refractivity contribution in [3.63, 3.8) is 0 Å². The minimum Gasteiger partial charge on any atom is -0.299 e. The van der Waals surface area contributed by atoms with Gasteiger partial charge in [0.2, 0.25) is 0 Å². The quantitative estimate of drug-likeness (QED) is 0.787. The smallest absolute Gasteiger partial charge is 0.123 e. The Morgan fingerprint density at radius 1 is 1.29 bits per heavy atom. The van der Waals surface area contributed by atoms with Gasteiger partial charge in [-0.1, -0.05) is 12.1 Å². The molecule has 0 bridgehead atoms. The third kappa shape index (κ3) is 5.17. The summed E-state index contributed by atoms with van der Waals surface area (Å²) in [6.07, 6.45) is 0.153. The third-order valence-electron chi connectivity index (χ3n) is 1.51. The first-order chi connectivity index (χ1) is 6.18. The minimum atomic E-state index is -0.214. The van der Waals surface area contributed by atoms with Crippen LogP contribution >= 0.6 is 12.4 Å². The molecular weight excluding hydrogens is 205 g/mol. The van der Waals surface area contributed by atoms with Crippen LogP contribution in [0.2, 0.25) is 0 Å². The van der Waals surface area contributed by atoms with E-state index in [9.17, 15) is 4.39 Å². The first-order valence-corrected chi connectivity index (χ1v) is 4.31. The molecule has 80 valence electrons. The van der Waals surface area contributed by atoms with E-state index in [1.165, 1.54) is 12.1 Å². The molecule has 0 amide bonds. The van der Waals surface area contributed by atoms with Crippen molar-refractivity contribution in [2.75, 3.05) is 0 Å². The average Bonchev–Trinajstić information content (AvgIpc) is 2.08. The van der Waals surface area contributed by atoms with Gasteiger partial charge in [-0.15, -0.1) is 12.4 Å². The summed E-state index contributed by atoms with van der Waals surface area (Å²) >= 11 is 0. The number of hydrogen-bond acceptors (Lipinski definition) is 2.